The first-order chi connectivity index (χ1) is 10.1. The van der Waals surface area contributed by atoms with Gasteiger partial charge in [-0.05, 0) is 27.7 Å². The summed E-state index contributed by atoms with van der Waals surface area (Å²) in [6, 6.07) is -0.0248. The third-order valence-electron chi connectivity index (χ3n) is 3.63. The van der Waals surface area contributed by atoms with E-state index in [1.165, 1.54) is 7.11 Å². The van der Waals surface area contributed by atoms with E-state index in [0.717, 1.165) is 5.69 Å². The molecule has 0 N–H and O–H groups in total. The molecule has 2 heterocycles. The van der Waals surface area contributed by atoms with Gasteiger partial charge in [0.05, 0.1) is 19.3 Å². The number of imidazole rings is 1. The second-order valence-electron chi connectivity index (χ2n) is 6.54. The van der Waals surface area contributed by atoms with Crippen LogP contribution in [0.25, 0.3) is 0 Å². The molecule has 0 saturated carbocycles. The predicted octanol–water partition coefficient (Wildman–Crippen LogP) is 1.89. The van der Waals surface area contributed by atoms with Crippen molar-refractivity contribution in [1.82, 2.24) is 14.5 Å². The van der Waals surface area contributed by atoms with E-state index in [2.05, 4.69) is 4.98 Å². The number of carbonyl (C=O) groups excluding carboxylic acids is 2. The van der Waals surface area contributed by atoms with Crippen molar-refractivity contribution in [2.45, 2.75) is 52.3 Å². The van der Waals surface area contributed by atoms with Crippen molar-refractivity contribution in [3.05, 3.63) is 17.2 Å². The van der Waals surface area contributed by atoms with Gasteiger partial charge in [0.1, 0.15) is 5.60 Å². The summed E-state index contributed by atoms with van der Waals surface area (Å²) >= 11 is 0. The van der Waals surface area contributed by atoms with Gasteiger partial charge in [0.15, 0.2) is 0 Å². The van der Waals surface area contributed by atoms with Crippen LogP contribution in [0.1, 0.15) is 49.7 Å². The lowest BCUT2D eigenvalue weighted by Gasteiger charge is -2.34. The number of aromatic nitrogens is 2. The zero-order valence-electron chi connectivity index (χ0n) is 14.0. The lowest BCUT2D eigenvalue weighted by Crippen LogP contribution is -2.45. The molecule has 7 nitrogen and oxygen atoms in total. The number of fused-ring (bicyclic) bond motifs is 1. The van der Waals surface area contributed by atoms with E-state index in [-0.39, 0.29) is 18.0 Å². The molecule has 0 spiro atoms. The van der Waals surface area contributed by atoms with Crippen molar-refractivity contribution < 1.29 is 19.1 Å². The number of nitrogens with zero attached hydrogens (tertiary/aromatic N) is 3. The van der Waals surface area contributed by atoms with Crippen LogP contribution < -0.4 is 0 Å². The van der Waals surface area contributed by atoms with Gasteiger partial charge < -0.3 is 14.0 Å². The number of esters is 1. The van der Waals surface area contributed by atoms with E-state index in [1.54, 1.807) is 16.5 Å². The molecule has 2 rings (SSSR count). The summed E-state index contributed by atoms with van der Waals surface area (Å²) in [5, 5.41) is 0. The van der Waals surface area contributed by atoms with Gasteiger partial charge in [0.2, 0.25) is 5.82 Å². The Balaban J connectivity index is 2.26. The van der Waals surface area contributed by atoms with E-state index < -0.39 is 11.6 Å². The average Bonchev–Trinajstić information content (AvgIpc) is 2.72. The number of hydrogen-bond acceptors (Lipinski definition) is 5. The van der Waals surface area contributed by atoms with E-state index in [9.17, 15) is 9.59 Å². The maximum absolute atomic E-state index is 12.3. The van der Waals surface area contributed by atoms with E-state index in [1.807, 2.05) is 27.7 Å². The van der Waals surface area contributed by atoms with Crippen molar-refractivity contribution in [2.24, 2.45) is 7.05 Å². The number of methoxy groups -OCH3 is 1. The molecule has 0 saturated heterocycles. The summed E-state index contributed by atoms with van der Waals surface area (Å²) in [6.45, 7) is 7.79. The topological polar surface area (TPSA) is 73.7 Å². The standard InChI is InChI=1S/C15H23N3O4/c1-9-7-11-10(16-12(17(11)5)13(19)21-6)8-18(9)14(20)22-15(2,3)4/h9H,7-8H2,1-6H3. The van der Waals surface area contributed by atoms with Crippen LogP contribution in [-0.2, 0) is 29.5 Å². The summed E-state index contributed by atoms with van der Waals surface area (Å²) < 4.78 is 11.9. The largest absolute Gasteiger partial charge is 0.463 e. The van der Waals surface area contributed by atoms with E-state index >= 15 is 0 Å². The highest BCUT2D eigenvalue weighted by atomic mass is 16.6. The highest BCUT2D eigenvalue weighted by Crippen LogP contribution is 2.25. The third kappa shape index (κ3) is 3.08. The minimum Gasteiger partial charge on any atom is -0.463 e. The Labute approximate surface area is 130 Å². The summed E-state index contributed by atoms with van der Waals surface area (Å²) in [5.74, 6) is -0.223. The molecule has 1 aliphatic heterocycles. The number of amides is 1. The van der Waals surface area contributed by atoms with Gasteiger partial charge in [-0.3, -0.25) is 4.90 Å². The molecule has 1 amide bonds. The second-order valence-corrected chi connectivity index (χ2v) is 6.54. The Kier molecular flexibility index (Phi) is 4.17. The molecule has 1 atom stereocenters. The van der Waals surface area contributed by atoms with Gasteiger partial charge in [0.25, 0.3) is 0 Å². The summed E-state index contributed by atoms with van der Waals surface area (Å²) in [5.41, 5.74) is 1.12. The van der Waals surface area contributed by atoms with E-state index in [0.29, 0.717) is 18.7 Å². The van der Waals surface area contributed by atoms with Crippen molar-refractivity contribution in [2.75, 3.05) is 7.11 Å². The van der Waals surface area contributed by atoms with Crippen LogP contribution in [-0.4, -0.2) is 45.3 Å². The molecule has 122 valence electrons. The third-order valence-corrected chi connectivity index (χ3v) is 3.63. The monoisotopic (exact) mass is 309 g/mol. The van der Waals surface area contributed by atoms with Crippen molar-refractivity contribution in [3.63, 3.8) is 0 Å². The molecule has 0 fully saturated rings. The van der Waals surface area contributed by atoms with E-state index in [4.69, 9.17) is 9.47 Å². The molecule has 0 bridgehead atoms. The Bertz CT molecular complexity index is 601. The maximum atomic E-state index is 12.3. The van der Waals surface area contributed by atoms with Gasteiger partial charge in [-0.15, -0.1) is 0 Å². The van der Waals surface area contributed by atoms with Gasteiger partial charge in [-0.25, -0.2) is 14.6 Å². The fourth-order valence-corrected chi connectivity index (χ4v) is 2.52. The van der Waals surface area contributed by atoms with Gasteiger partial charge in [-0.1, -0.05) is 0 Å². The normalized spacial score (nSPS) is 17.9. The van der Waals surface area contributed by atoms with Crippen molar-refractivity contribution in [1.29, 1.82) is 0 Å². The Morgan fingerprint density at radius 3 is 2.50 bits per heavy atom. The lowest BCUT2D eigenvalue weighted by atomic mass is 10.0. The molecule has 0 aliphatic carbocycles. The minimum atomic E-state index is -0.543. The molecule has 1 aliphatic rings. The predicted molar refractivity (Wildman–Crippen MR) is 79.5 cm³/mol. The molecule has 0 aromatic carbocycles. The molecule has 7 heteroatoms. The molecular weight excluding hydrogens is 286 g/mol. The highest BCUT2D eigenvalue weighted by molar-refractivity contribution is 5.85. The first kappa shape index (κ1) is 16.3. The number of ether oxygens (including phenoxy) is 2. The SMILES string of the molecule is COC(=O)c1nc2c(n1C)CC(C)N(C(=O)OC(C)(C)C)C2. The van der Waals surface area contributed by atoms with Crippen LogP contribution in [0, 0.1) is 0 Å². The van der Waals surface area contributed by atoms with Crippen LogP contribution in [0.2, 0.25) is 0 Å². The molecule has 0 radical (unpaired) electrons. The fourth-order valence-electron chi connectivity index (χ4n) is 2.52. The number of rotatable bonds is 1. The zero-order valence-corrected chi connectivity index (χ0v) is 14.0. The van der Waals surface area contributed by atoms with Crippen LogP contribution in [0.3, 0.4) is 0 Å². The minimum absolute atomic E-state index is 0.0248. The Morgan fingerprint density at radius 1 is 1.32 bits per heavy atom. The van der Waals surface area contributed by atoms with Gasteiger partial charge in [-0.2, -0.15) is 0 Å². The molecule has 1 aromatic rings. The van der Waals surface area contributed by atoms with Crippen LogP contribution in [0.15, 0.2) is 0 Å². The average molecular weight is 309 g/mol. The van der Waals surface area contributed by atoms with Crippen LogP contribution in [0.4, 0.5) is 4.79 Å². The number of hydrogen-bond donors (Lipinski definition) is 0. The molecule has 1 unspecified atom stereocenters. The Morgan fingerprint density at radius 2 is 1.95 bits per heavy atom. The highest BCUT2D eigenvalue weighted by Gasteiger charge is 2.34. The molecule has 1 aromatic heterocycles. The van der Waals surface area contributed by atoms with Crippen molar-refractivity contribution >= 4 is 12.1 Å². The Hall–Kier alpha value is -2.05. The molecular formula is C15H23N3O4. The number of carbonyl (C=O) groups is 2. The van der Waals surface area contributed by atoms with Crippen molar-refractivity contribution in [3.8, 4) is 0 Å². The van der Waals surface area contributed by atoms with Crippen LogP contribution >= 0.6 is 0 Å². The summed E-state index contributed by atoms with van der Waals surface area (Å²) in [6.07, 6.45) is 0.255. The van der Waals surface area contributed by atoms with Crippen LogP contribution in [0.5, 0.6) is 0 Å². The lowest BCUT2D eigenvalue weighted by molar-refractivity contribution is 0.0133. The maximum Gasteiger partial charge on any atom is 0.410 e. The zero-order chi connectivity index (χ0) is 16.7. The first-order valence-electron chi connectivity index (χ1n) is 7.26. The smallest absolute Gasteiger partial charge is 0.410 e. The fraction of sp³-hybridized carbons (Fsp3) is 0.667. The van der Waals surface area contributed by atoms with Gasteiger partial charge >= 0.3 is 12.1 Å². The first-order valence-corrected chi connectivity index (χ1v) is 7.26. The second kappa shape index (κ2) is 5.62. The molecule has 22 heavy (non-hydrogen) atoms. The quantitative estimate of drug-likeness (QED) is 0.741. The summed E-state index contributed by atoms with van der Waals surface area (Å²) in [7, 11) is 3.11. The summed E-state index contributed by atoms with van der Waals surface area (Å²) in [4.78, 5) is 30.0. The van der Waals surface area contributed by atoms with Gasteiger partial charge in [0, 0.05) is 25.2 Å².